The molecular formula is C32H43F3N4O8S. The number of benzene rings is 2. The van der Waals surface area contributed by atoms with Crippen LogP contribution in [0.1, 0.15) is 50.8 Å². The van der Waals surface area contributed by atoms with Crippen molar-refractivity contribution >= 4 is 27.7 Å². The Morgan fingerprint density at radius 2 is 1.58 bits per heavy atom. The third-order valence-electron chi connectivity index (χ3n) is 7.69. The summed E-state index contributed by atoms with van der Waals surface area (Å²) in [5.41, 5.74) is 7.39. The zero-order valence-corrected chi connectivity index (χ0v) is 28.2. The van der Waals surface area contributed by atoms with Crippen molar-refractivity contribution in [3.8, 4) is 5.75 Å². The monoisotopic (exact) mass is 700 g/mol. The van der Waals surface area contributed by atoms with E-state index in [-0.39, 0.29) is 19.4 Å². The number of halogens is 3. The molecule has 2 aromatic carbocycles. The highest BCUT2D eigenvalue weighted by Crippen LogP contribution is 2.29. The average molecular weight is 701 g/mol. The summed E-state index contributed by atoms with van der Waals surface area (Å²) in [6, 6.07) is 8.64. The number of sulfone groups is 1. The van der Waals surface area contributed by atoms with Crippen molar-refractivity contribution < 1.29 is 50.6 Å². The van der Waals surface area contributed by atoms with E-state index in [4.69, 9.17) is 15.2 Å². The Kier molecular flexibility index (Phi) is 12.5. The molecule has 0 aliphatic carbocycles. The molecule has 0 radical (unpaired) electrons. The van der Waals surface area contributed by atoms with Crippen molar-refractivity contribution in [2.75, 3.05) is 13.7 Å². The maximum absolute atomic E-state index is 13.6. The largest absolute Gasteiger partial charge is 0.497 e. The highest BCUT2D eigenvalue weighted by molar-refractivity contribution is 7.91. The Bertz CT molecular complexity index is 1530. The van der Waals surface area contributed by atoms with Crippen LogP contribution >= 0.6 is 0 Å². The van der Waals surface area contributed by atoms with Crippen LogP contribution in [0.4, 0.5) is 18.0 Å². The number of alkyl carbamates (subject to hydrolysis) is 1. The molecule has 12 nitrogen and oxygen atoms in total. The lowest BCUT2D eigenvalue weighted by Gasteiger charge is -2.29. The van der Waals surface area contributed by atoms with Crippen molar-refractivity contribution in [3.05, 3.63) is 65.2 Å². The van der Waals surface area contributed by atoms with Crippen LogP contribution in [-0.4, -0.2) is 91.2 Å². The maximum atomic E-state index is 13.6. The summed E-state index contributed by atoms with van der Waals surface area (Å²) < 4.78 is 76.5. The highest BCUT2D eigenvalue weighted by atomic mass is 32.2. The van der Waals surface area contributed by atoms with Gasteiger partial charge in [0, 0.05) is 13.1 Å². The van der Waals surface area contributed by atoms with Crippen molar-refractivity contribution in [1.82, 2.24) is 15.5 Å². The number of likely N-dealkylation sites (tertiary alicyclic amines) is 1. The highest BCUT2D eigenvalue weighted by Gasteiger charge is 2.48. The van der Waals surface area contributed by atoms with Gasteiger partial charge in [-0.1, -0.05) is 36.4 Å². The SMILES string of the molecule is COc1ccc(CS(=O)(=O)[C@@H]2C[C@@H](C(=O)N[C@@H](C)[C@H](O)C(F)(F)F)N(C(=O)[C@@H](N)Cc3ccc(CNC(=O)OC(C)(C)C)cc3)C2)cc1. The Hall–Kier alpha value is -3.89. The first-order valence-electron chi connectivity index (χ1n) is 15.2. The molecule has 0 unspecified atom stereocenters. The van der Waals surface area contributed by atoms with Gasteiger partial charge in [-0.3, -0.25) is 9.59 Å². The number of aliphatic hydroxyl groups is 1. The number of amides is 3. The Labute approximate surface area is 278 Å². The van der Waals surface area contributed by atoms with Crippen molar-refractivity contribution in [2.24, 2.45) is 5.73 Å². The smallest absolute Gasteiger partial charge is 0.416 e. The van der Waals surface area contributed by atoms with Gasteiger partial charge in [-0.15, -0.1) is 0 Å². The van der Waals surface area contributed by atoms with Gasteiger partial charge in [0.15, 0.2) is 15.9 Å². The molecule has 5 atom stereocenters. The minimum Gasteiger partial charge on any atom is -0.497 e. The van der Waals surface area contributed by atoms with Crippen molar-refractivity contribution in [2.45, 2.75) is 94.1 Å². The second-order valence-electron chi connectivity index (χ2n) is 12.8. The van der Waals surface area contributed by atoms with Crippen LogP contribution in [-0.2, 0) is 42.9 Å². The van der Waals surface area contributed by atoms with E-state index in [1.54, 1.807) is 69.3 Å². The fourth-order valence-electron chi connectivity index (χ4n) is 5.14. The number of alkyl halides is 3. The number of nitrogens with two attached hydrogens (primary N) is 1. The third kappa shape index (κ3) is 10.8. The van der Waals surface area contributed by atoms with Crippen molar-refractivity contribution in [3.63, 3.8) is 0 Å². The van der Waals surface area contributed by atoms with E-state index in [1.807, 2.05) is 0 Å². The summed E-state index contributed by atoms with van der Waals surface area (Å²) in [4.78, 5) is 39.8. The predicted molar refractivity (Wildman–Crippen MR) is 170 cm³/mol. The zero-order chi connectivity index (χ0) is 36.0. The van der Waals surface area contributed by atoms with Crippen LogP contribution < -0.4 is 21.1 Å². The molecule has 0 bridgehead atoms. The van der Waals surface area contributed by atoms with E-state index in [1.165, 1.54) is 7.11 Å². The molecule has 1 aliphatic rings. The standard InChI is InChI=1S/C32H43F3N4O8S/c1-19(27(40)32(33,34)35)38-28(41)26-15-24(48(44,45)18-22-10-12-23(46-5)13-11-22)17-39(26)29(42)25(36)14-20-6-8-21(9-7-20)16-37-30(43)47-31(2,3)4/h6-13,19,24-27,40H,14-18,36H2,1-5H3,(H,37,43)(H,38,41)/t19-,24+,25-,26-,27-/m0/s1. The van der Waals surface area contributed by atoms with Gasteiger partial charge >= 0.3 is 12.3 Å². The molecule has 48 heavy (non-hydrogen) atoms. The first-order chi connectivity index (χ1) is 22.2. The lowest BCUT2D eigenvalue weighted by Crippen LogP contribution is -2.55. The molecule has 3 rings (SSSR count). The second kappa shape index (κ2) is 15.6. The number of nitrogens with one attached hydrogen (secondary N) is 2. The lowest BCUT2D eigenvalue weighted by molar-refractivity contribution is -0.210. The third-order valence-corrected chi connectivity index (χ3v) is 9.79. The van der Waals surface area contributed by atoms with Crippen molar-refractivity contribution in [1.29, 1.82) is 0 Å². The van der Waals surface area contributed by atoms with Gasteiger partial charge in [0.25, 0.3) is 0 Å². The minimum absolute atomic E-state index is 0.00407. The number of nitrogens with zero attached hydrogens (tertiary/aromatic N) is 1. The fraction of sp³-hybridized carbons (Fsp3) is 0.531. The number of carbonyl (C=O) groups excluding carboxylic acids is 3. The topological polar surface area (TPSA) is 177 Å². The van der Waals surface area contributed by atoms with Crippen LogP contribution in [0.3, 0.4) is 0 Å². The first kappa shape index (κ1) is 38.6. The number of hydrogen-bond acceptors (Lipinski definition) is 9. The lowest BCUT2D eigenvalue weighted by atomic mass is 10.0. The second-order valence-corrected chi connectivity index (χ2v) is 15.1. The molecule has 16 heteroatoms. The van der Waals surface area contributed by atoms with Gasteiger partial charge < -0.3 is 35.8 Å². The van der Waals surface area contributed by atoms with Gasteiger partial charge in [-0.05, 0) is 69.4 Å². The fourth-order valence-corrected chi connectivity index (χ4v) is 6.90. The molecular weight excluding hydrogens is 657 g/mol. The van der Waals surface area contributed by atoms with Gasteiger partial charge in [0.2, 0.25) is 11.8 Å². The molecule has 1 fully saturated rings. The molecule has 1 aliphatic heterocycles. The molecule has 5 N–H and O–H groups in total. The van der Waals surface area contributed by atoms with Gasteiger partial charge in [0.05, 0.1) is 30.2 Å². The molecule has 3 amide bonds. The molecule has 266 valence electrons. The van der Waals surface area contributed by atoms with Gasteiger partial charge in [-0.25, -0.2) is 13.2 Å². The summed E-state index contributed by atoms with van der Waals surface area (Å²) in [6.07, 6.45) is -8.88. The number of aliphatic hydroxyl groups excluding tert-OH is 1. The normalized spacial score (nSPS) is 18.8. The number of rotatable bonds is 12. The molecule has 0 spiro atoms. The summed E-state index contributed by atoms with van der Waals surface area (Å²) in [7, 11) is -2.51. The van der Waals surface area contributed by atoms with Gasteiger partial charge in [-0.2, -0.15) is 13.2 Å². The number of ether oxygens (including phenoxy) is 2. The van der Waals surface area contributed by atoms with Crippen LogP contribution in [0, 0.1) is 0 Å². The summed E-state index contributed by atoms with van der Waals surface area (Å²) in [5.74, 6) is -1.71. The van der Waals surface area contributed by atoms with E-state index in [2.05, 4.69) is 10.6 Å². The maximum Gasteiger partial charge on any atom is 0.416 e. The molecule has 1 saturated heterocycles. The Morgan fingerprint density at radius 3 is 2.12 bits per heavy atom. The van der Waals surface area contributed by atoms with E-state index >= 15 is 0 Å². The average Bonchev–Trinajstić information content (AvgIpc) is 3.46. The van der Waals surface area contributed by atoms with Crippen LogP contribution in [0.25, 0.3) is 0 Å². The number of carbonyl (C=O) groups is 3. The van der Waals surface area contributed by atoms with Crippen LogP contribution in [0.5, 0.6) is 5.75 Å². The summed E-state index contributed by atoms with van der Waals surface area (Å²) in [5, 5.41) is 13.1. The molecule has 1 heterocycles. The van der Waals surface area contributed by atoms with Crippen LogP contribution in [0.2, 0.25) is 0 Å². The molecule has 0 saturated carbocycles. The zero-order valence-electron chi connectivity index (χ0n) is 27.4. The first-order valence-corrected chi connectivity index (χ1v) is 16.9. The van der Waals surface area contributed by atoms with E-state index in [0.717, 1.165) is 17.4 Å². The molecule has 0 aromatic heterocycles. The summed E-state index contributed by atoms with van der Waals surface area (Å²) in [6.45, 7) is 5.94. The van der Waals surface area contributed by atoms with E-state index < -0.39 is 81.3 Å². The predicted octanol–water partition coefficient (Wildman–Crippen LogP) is 2.60. The van der Waals surface area contributed by atoms with E-state index in [9.17, 15) is 41.1 Å². The molecule has 2 aromatic rings. The minimum atomic E-state index is -5.02. The van der Waals surface area contributed by atoms with Crippen LogP contribution in [0.15, 0.2) is 48.5 Å². The Morgan fingerprint density at radius 1 is 1.02 bits per heavy atom. The van der Waals surface area contributed by atoms with Gasteiger partial charge in [0.1, 0.15) is 17.4 Å². The number of hydrogen-bond donors (Lipinski definition) is 4. The number of methoxy groups -OCH3 is 1. The van der Waals surface area contributed by atoms with E-state index in [0.29, 0.717) is 16.9 Å². The Balaban J connectivity index is 1.75. The quantitative estimate of drug-likeness (QED) is 0.259. The summed E-state index contributed by atoms with van der Waals surface area (Å²) >= 11 is 0.